The Kier molecular flexibility index (Phi) is 5.38. The Morgan fingerprint density at radius 2 is 2.00 bits per heavy atom. The Hall–Kier alpha value is -1.63. The Morgan fingerprint density at radius 1 is 1.20 bits per heavy atom. The lowest BCUT2D eigenvalue weighted by molar-refractivity contribution is -0.146. The molecule has 7 atom stereocenters. The monoisotopic (exact) mass is 490 g/mol. The molecule has 5 aliphatic rings. The van der Waals surface area contributed by atoms with Gasteiger partial charge < -0.3 is 9.64 Å². The van der Waals surface area contributed by atoms with E-state index in [0.29, 0.717) is 54.0 Å². The van der Waals surface area contributed by atoms with Crippen molar-refractivity contribution in [1.29, 1.82) is 0 Å². The average molecular weight is 491 g/mol. The molecule has 2 aliphatic carbocycles. The van der Waals surface area contributed by atoms with Crippen LogP contribution in [-0.4, -0.2) is 34.0 Å². The molecule has 4 heterocycles. The molecule has 4 fully saturated rings. The molecule has 35 heavy (non-hydrogen) atoms. The normalized spacial score (nSPS) is 40.4. The maximum absolute atomic E-state index is 14.0. The van der Waals surface area contributed by atoms with Gasteiger partial charge in [0.25, 0.3) is 0 Å². The average Bonchev–Trinajstić information content (AvgIpc) is 3.57. The molecule has 3 aliphatic heterocycles. The highest BCUT2D eigenvalue weighted by Crippen LogP contribution is 2.62. The van der Waals surface area contributed by atoms with Crippen molar-refractivity contribution in [3.05, 3.63) is 29.1 Å². The lowest BCUT2D eigenvalue weighted by Crippen LogP contribution is -2.47. The van der Waals surface area contributed by atoms with Crippen LogP contribution in [0.4, 0.5) is 13.2 Å². The molecule has 6 rings (SSSR count). The number of nitrogens with zero attached hydrogens (tertiary/aromatic N) is 2. The minimum absolute atomic E-state index is 0.0676. The first kappa shape index (κ1) is 23.7. The lowest BCUT2D eigenvalue weighted by Gasteiger charge is -2.40. The van der Waals surface area contributed by atoms with Crippen LogP contribution in [0.25, 0.3) is 0 Å². The fourth-order valence-corrected chi connectivity index (χ4v) is 8.63. The second-order valence-corrected chi connectivity index (χ2v) is 12.6. The van der Waals surface area contributed by atoms with E-state index < -0.39 is 17.2 Å². The molecule has 7 heteroatoms. The third-order valence-electron chi connectivity index (χ3n) is 10.7. The summed E-state index contributed by atoms with van der Waals surface area (Å²) in [6, 6.07) is 1.19. The van der Waals surface area contributed by atoms with Crippen LogP contribution >= 0.6 is 0 Å². The number of carbonyl (C=O) groups excluding carboxylic acids is 1. The van der Waals surface area contributed by atoms with E-state index in [2.05, 4.69) is 25.8 Å². The standard InChI is InChI=1S/C28H37F3N2O2/c1-16(2)27(25(34)33-9-6-23-19(15-33)10-20(14-32-23)28(29,30)31)8-4-17(13-27)18-11-21-22(12-18)26(3)7-5-24(21)35-26/h10,14,16-18,21-22,24H,4-9,11-13,15H2,1-3H3/t17?,18?,21?,22?,24-,26?,27-/m0/s1. The van der Waals surface area contributed by atoms with E-state index in [-0.39, 0.29) is 24.0 Å². The summed E-state index contributed by atoms with van der Waals surface area (Å²) in [5.41, 5.74) is 0.156. The van der Waals surface area contributed by atoms with E-state index in [1.807, 2.05) is 4.90 Å². The number of amides is 1. The summed E-state index contributed by atoms with van der Waals surface area (Å²) in [6.07, 6.45) is 5.20. The zero-order chi connectivity index (χ0) is 24.8. The maximum Gasteiger partial charge on any atom is 0.417 e. The molecule has 0 aromatic carbocycles. The Balaban J connectivity index is 1.18. The fourth-order valence-electron chi connectivity index (χ4n) is 8.63. The Labute approximate surface area is 206 Å². The van der Waals surface area contributed by atoms with Crippen molar-refractivity contribution in [3.63, 3.8) is 0 Å². The van der Waals surface area contributed by atoms with E-state index in [4.69, 9.17) is 4.74 Å². The van der Waals surface area contributed by atoms with Gasteiger partial charge in [0.1, 0.15) is 0 Å². The van der Waals surface area contributed by atoms with Gasteiger partial charge in [-0.2, -0.15) is 13.2 Å². The molecule has 1 aromatic rings. The van der Waals surface area contributed by atoms with Gasteiger partial charge in [0.05, 0.1) is 22.7 Å². The highest BCUT2D eigenvalue weighted by Gasteiger charge is 2.61. The zero-order valence-electron chi connectivity index (χ0n) is 21.0. The molecule has 5 unspecified atom stereocenters. The molecule has 1 amide bonds. The van der Waals surface area contributed by atoms with Gasteiger partial charge in [-0.05, 0) is 93.1 Å². The highest BCUT2D eigenvalue weighted by atomic mass is 19.4. The summed E-state index contributed by atoms with van der Waals surface area (Å²) < 4.78 is 46.1. The van der Waals surface area contributed by atoms with Gasteiger partial charge in [0.15, 0.2) is 0 Å². The second-order valence-electron chi connectivity index (χ2n) is 12.6. The summed E-state index contributed by atoms with van der Waals surface area (Å²) in [4.78, 5) is 19.9. The summed E-state index contributed by atoms with van der Waals surface area (Å²) in [5.74, 6) is 2.95. The number of hydrogen-bond acceptors (Lipinski definition) is 3. The van der Waals surface area contributed by atoms with Crippen molar-refractivity contribution in [2.45, 2.75) is 96.6 Å². The molecule has 192 valence electrons. The molecular weight excluding hydrogens is 453 g/mol. The minimum atomic E-state index is -4.42. The van der Waals surface area contributed by atoms with Crippen LogP contribution < -0.4 is 0 Å². The van der Waals surface area contributed by atoms with Crippen molar-refractivity contribution in [2.24, 2.45) is 35.0 Å². The second kappa shape index (κ2) is 7.93. The van der Waals surface area contributed by atoms with Gasteiger partial charge in [-0.3, -0.25) is 9.78 Å². The van der Waals surface area contributed by atoms with Crippen molar-refractivity contribution in [3.8, 4) is 0 Å². The summed E-state index contributed by atoms with van der Waals surface area (Å²) in [7, 11) is 0. The molecule has 2 saturated heterocycles. The van der Waals surface area contributed by atoms with E-state index in [9.17, 15) is 18.0 Å². The van der Waals surface area contributed by atoms with Crippen molar-refractivity contribution >= 4 is 5.91 Å². The summed E-state index contributed by atoms with van der Waals surface area (Å²) >= 11 is 0. The molecule has 0 spiro atoms. The van der Waals surface area contributed by atoms with Crippen LogP contribution in [0.2, 0.25) is 0 Å². The molecule has 2 bridgehead atoms. The Bertz CT molecular complexity index is 1030. The zero-order valence-corrected chi connectivity index (χ0v) is 21.0. The Morgan fingerprint density at radius 3 is 2.71 bits per heavy atom. The first-order valence-corrected chi connectivity index (χ1v) is 13.5. The number of hydrogen-bond donors (Lipinski definition) is 0. The number of fused-ring (bicyclic) bond motifs is 6. The van der Waals surface area contributed by atoms with E-state index in [1.54, 1.807) is 0 Å². The molecule has 0 N–H and O–H groups in total. The van der Waals surface area contributed by atoms with Crippen LogP contribution in [-0.2, 0) is 28.7 Å². The largest absolute Gasteiger partial charge is 0.417 e. The van der Waals surface area contributed by atoms with Crippen molar-refractivity contribution in [2.75, 3.05) is 6.54 Å². The predicted molar refractivity (Wildman–Crippen MR) is 125 cm³/mol. The van der Waals surface area contributed by atoms with Gasteiger partial charge in [-0.25, -0.2) is 0 Å². The number of pyridine rings is 1. The van der Waals surface area contributed by atoms with Crippen LogP contribution in [0, 0.1) is 35.0 Å². The van der Waals surface area contributed by atoms with Crippen LogP contribution in [0.1, 0.15) is 82.5 Å². The van der Waals surface area contributed by atoms with E-state index in [0.717, 1.165) is 25.5 Å². The number of ether oxygens (including phenoxy) is 1. The van der Waals surface area contributed by atoms with Gasteiger partial charge in [0, 0.05) is 31.4 Å². The molecular formula is C28H37F3N2O2. The predicted octanol–water partition coefficient (Wildman–Crippen LogP) is 6.02. The maximum atomic E-state index is 14.0. The first-order chi connectivity index (χ1) is 16.5. The van der Waals surface area contributed by atoms with Gasteiger partial charge >= 0.3 is 6.18 Å². The number of alkyl halides is 3. The first-order valence-electron chi connectivity index (χ1n) is 13.5. The number of carbonyl (C=O) groups is 1. The third kappa shape index (κ3) is 3.66. The van der Waals surface area contributed by atoms with Crippen LogP contribution in [0.3, 0.4) is 0 Å². The third-order valence-corrected chi connectivity index (χ3v) is 10.7. The van der Waals surface area contributed by atoms with Crippen molar-refractivity contribution in [1.82, 2.24) is 9.88 Å². The lowest BCUT2D eigenvalue weighted by atomic mass is 9.72. The SMILES string of the molecule is CC(C)[C@]1(C(=O)N2CCc3ncc(C(F)(F)F)cc3C2)CCC(C2CC3C(C2)C2(C)CC[C@@H]3O2)C1. The fraction of sp³-hybridized carbons (Fsp3) is 0.786. The highest BCUT2D eigenvalue weighted by molar-refractivity contribution is 5.83. The smallest absolute Gasteiger partial charge is 0.371 e. The topological polar surface area (TPSA) is 42.4 Å². The van der Waals surface area contributed by atoms with Crippen LogP contribution in [0.5, 0.6) is 0 Å². The molecule has 1 aromatic heterocycles. The number of rotatable bonds is 3. The van der Waals surface area contributed by atoms with E-state index >= 15 is 0 Å². The number of aromatic nitrogens is 1. The van der Waals surface area contributed by atoms with Gasteiger partial charge in [-0.15, -0.1) is 0 Å². The van der Waals surface area contributed by atoms with Gasteiger partial charge in [-0.1, -0.05) is 13.8 Å². The summed E-state index contributed by atoms with van der Waals surface area (Å²) in [6.45, 7) is 7.38. The van der Waals surface area contributed by atoms with Crippen LogP contribution in [0.15, 0.2) is 12.3 Å². The van der Waals surface area contributed by atoms with Gasteiger partial charge in [0.2, 0.25) is 5.91 Å². The number of halogens is 3. The summed E-state index contributed by atoms with van der Waals surface area (Å²) in [5, 5.41) is 0. The minimum Gasteiger partial charge on any atom is -0.371 e. The van der Waals surface area contributed by atoms with Crippen molar-refractivity contribution < 1.29 is 22.7 Å². The molecule has 4 nitrogen and oxygen atoms in total. The van der Waals surface area contributed by atoms with E-state index in [1.165, 1.54) is 31.7 Å². The molecule has 2 saturated carbocycles. The quantitative estimate of drug-likeness (QED) is 0.520. The molecule has 0 radical (unpaired) electrons.